The maximum absolute atomic E-state index is 11.0. The summed E-state index contributed by atoms with van der Waals surface area (Å²) in [7, 11) is 3.30. The fourth-order valence-corrected chi connectivity index (χ4v) is 3.09. The van der Waals surface area contributed by atoms with Gasteiger partial charge >= 0.3 is 5.97 Å². The smallest absolute Gasteiger partial charge is 0.305 e. The summed E-state index contributed by atoms with van der Waals surface area (Å²) in [5, 5.41) is 3.45. The van der Waals surface area contributed by atoms with Gasteiger partial charge in [0.1, 0.15) is 0 Å². The molecule has 1 N–H and O–H groups in total. The summed E-state index contributed by atoms with van der Waals surface area (Å²) in [6.07, 6.45) is 6.09. The van der Waals surface area contributed by atoms with Crippen LogP contribution < -0.4 is 5.32 Å². The minimum absolute atomic E-state index is 0. The number of nitrogens with one attached hydrogen (secondary N) is 1. The second-order valence-corrected chi connectivity index (χ2v) is 6.59. The maximum Gasteiger partial charge on any atom is 0.305 e. The van der Waals surface area contributed by atoms with Gasteiger partial charge in [-0.25, -0.2) is 0 Å². The summed E-state index contributed by atoms with van der Waals surface area (Å²) < 4.78 is 4.64. The lowest BCUT2D eigenvalue weighted by Gasteiger charge is -2.22. The van der Waals surface area contributed by atoms with Crippen molar-refractivity contribution in [2.75, 3.05) is 33.8 Å². The molecule has 0 spiro atoms. The third kappa shape index (κ3) is 9.37. The lowest BCUT2D eigenvalue weighted by molar-refractivity contribution is -0.140. The first-order chi connectivity index (χ1) is 10.6. The van der Waals surface area contributed by atoms with E-state index in [9.17, 15) is 4.79 Å². The molecular weight excluding hydrogens is 405 g/mol. The van der Waals surface area contributed by atoms with E-state index in [1.807, 2.05) is 7.05 Å². The number of unbranched alkanes of at least 4 members (excludes halogenated alkanes) is 2. The van der Waals surface area contributed by atoms with Crippen molar-refractivity contribution < 1.29 is 9.53 Å². The number of nitrogens with zero attached hydrogens (tertiary/aromatic N) is 2. The van der Waals surface area contributed by atoms with Crippen LogP contribution in [0.4, 0.5) is 0 Å². The standard InChI is InChI=1S/C17H33N3O2.HI/c1-14(2)12-15-9-11-20(13-15)17(18-3)19-10-7-5-6-8-16(21)22-4;/h14-15H,5-13H2,1-4H3,(H,18,19);1H. The van der Waals surface area contributed by atoms with Gasteiger partial charge in [-0.15, -0.1) is 24.0 Å². The SMILES string of the molecule is CN=C(NCCCCCC(=O)OC)N1CCC(CC(C)C)C1.I. The molecule has 0 radical (unpaired) electrons. The van der Waals surface area contributed by atoms with E-state index in [2.05, 4.69) is 33.8 Å². The molecule has 1 rings (SSSR count). The molecule has 1 saturated heterocycles. The molecule has 1 atom stereocenters. The molecule has 1 aliphatic heterocycles. The summed E-state index contributed by atoms with van der Waals surface area (Å²) in [5.74, 6) is 2.49. The highest BCUT2D eigenvalue weighted by Gasteiger charge is 2.25. The Hall–Kier alpha value is -0.530. The highest BCUT2D eigenvalue weighted by molar-refractivity contribution is 14.0. The predicted molar refractivity (Wildman–Crippen MR) is 106 cm³/mol. The van der Waals surface area contributed by atoms with Gasteiger partial charge in [0.2, 0.25) is 0 Å². The highest BCUT2D eigenvalue weighted by Crippen LogP contribution is 2.23. The predicted octanol–water partition coefficient (Wildman–Crippen LogP) is 3.28. The van der Waals surface area contributed by atoms with Crippen molar-refractivity contribution in [1.82, 2.24) is 10.2 Å². The normalized spacial score (nSPS) is 18.0. The van der Waals surface area contributed by atoms with Crippen LogP contribution in [0.2, 0.25) is 0 Å². The van der Waals surface area contributed by atoms with Crippen molar-refractivity contribution in [3.8, 4) is 0 Å². The van der Waals surface area contributed by atoms with Crippen molar-refractivity contribution in [3.05, 3.63) is 0 Å². The van der Waals surface area contributed by atoms with Gasteiger partial charge in [-0.05, 0) is 37.5 Å². The number of carbonyl (C=O) groups excluding carboxylic acids is 1. The molecule has 1 unspecified atom stereocenters. The molecule has 0 aromatic carbocycles. The van der Waals surface area contributed by atoms with Gasteiger partial charge in [0, 0.05) is 33.1 Å². The number of ether oxygens (including phenoxy) is 1. The van der Waals surface area contributed by atoms with Gasteiger partial charge < -0.3 is 15.0 Å². The molecule has 5 nitrogen and oxygen atoms in total. The monoisotopic (exact) mass is 439 g/mol. The number of carbonyl (C=O) groups is 1. The number of esters is 1. The van der Waals surface area contributed by atoms with Gasteiger partial charge in [0.05, 0.1) is 7.11 Å². The average molecular weight is 439 g/mol. The van der Waals surface area contributed by atoms with Crippen molar-refractivity contribution in [2.45, 2.75) is 52.4 Å². The van der Waals surface area contributed by atoms with Crippen LogP contribution in [0, 0.1) is 11.8 Å². The summed E-state index contributed by atoms with van der Waals surface area (Å²) in [6, 6.07) is 0. The molecule has 136 valence electrons. The van der Waals surface area contributed by atoms with Crippen LogP contribution in [-0.4, -0.2) is 50.6 Å². The average Bonchev–Trinajstić information content (AvgIpc) is 2.93. The molecule has 0 aromatic rings. The first kappa shape index (κ1) is 22.5. The van der Waals surface area contributed by atoms with Crippen molar-refractivity contribution in [2.24, 2.45) is 16.8 Å². The van der Waals surface area contributed by atoms with E-state index in [4.69, 9.17) is 0 Å². The Bertz CT molecular complexity index is 362. The summed E-state index contributed by atoms with van der Waals surface area (Å²) in [4.78, 5) is 17.8. The zero-order chi connectivity index (χ0) is 16.4. The van der Waals surface area contributed by atoms with Gasteiger partial charge in [-0.2, -0.15) is 0 Å². The number of halogens is 1. The van der Waals surface area contributed by atoms with Crippen molar-refractivity contribution in [1.29, 1.82) is 0 Å². The quantitative estimate of drug-likeness (QED) is 0.207. The Morgan fingerprint density at radius 1 is 1.35 bits per heavy atom. The molecule has 0 aliphatic carbocycles. The summed E-state index contributed by atoms with van der Waals surface area (Å²) in [6.45, 7) is 7.74. The Labute approximate surface area is 158 Å². The number of guanidine groups is 1. The van der Waals surface area contributed by atoms with Gasteiger partial charge in [0.25, 0.3) is 0 Å². The second kappa shape index (κ2) is 12.8. The van der Waals surface area contributed by atoms with Crippen LogP contribution in [0.15, 0.2) is 4.99 Å². The Kier molecular flexibility index (Phi) is 12.5. The van der Waals surface area contributed by atoms with Gasteiger partial charge in [0.15, 0.2) is 5.96 Å². The highest BCUT2D eigenvalue weighted by atomic mass is 127. The van der Waals surface area contributed by atoms with Crippen LogP contribution in [0.1, 0.15) is 52.4 Å². The van der Waals surface area contributed by atoms with E-state index in [-0.39, 0.29) is 29.9 Å². The zero-order valence-corrected chi connectivity index (χ0v) is 17.5. The first-order valence-corrected chi connectivity index (χ1v) is 8.59. The third-order valence-corrected chi connectivity index (χ3v) is 4.17. The molecule has 1 heterocycles. The molecule has 1 fully saturated rings. The molecule has 0 bridgehead atoms. The molecule has 0 aromatic heterocycles. The Morgan fingerprint density at radius 2 is 2.09 bits per heavy atom. The molecule has 23 heavy (non-hydrogen) atoms. The minimum atomic E-state index is -0.114. The fraction of sp³-hybridized carbons (Fsp3) is 0.882. The summed E-state index contributed by atoms with van der Waals surface area (Å²) in [5.41, 5.74) is 0. The lowest BCUT2D eigenvalue weighted by atomic mass is 9.97. The topological polar surface area (TPSA) is 53.9 Å². The number of methoxy groups -OCH3 is 1. The van der Waals surface area contributed by atoms with E-state index in [1.54, 1.807) is 0 Å². The maximum atomic E-state index is 11.0. The van der Waals surface area contributed by atoms with E-state index < -0.39 is 0 Å². The molecule has 0 saturated carbocycles. The Morgan fingerprint density at radius 3 is 2.70 bits per heavy atom. The number of hydrogen-bond donors (Lipinski definition) is 1. The van der Waals surface area contributed by atoms with E-state index in [0.29, 0.717) is 6.42 Å². The molecule has 0 amide bonds. The first-order valence-electron chi connectivity index (χ1n) is 8.59. The number of hydrogen-bond acceptors (Lipinski definition) is 3. The zero-order valence-electron chi connectivity index (χ0n) is 15.1. The fourth-order valence-electron chi connectivity index (χ4n) is 3.09. The number of likely N-dealkylation sites (tertiary alicyclic amines) is 1. The number of aliphatic imine (C=N–C) groups is 1. The largest absolute Gasteiger partial charge is 0.469 e. The van der Waals surface area contributed by atoms with E-state index >= 15 is 0 Å². The molecule has 6 heteroatoms. The van der Waals surface area contributed by atoms with Crippen LogP contribution in [0.3, 0.4) is 0 Å². The Balaban J connectivity index is 0.00000484. The van der Waals surface area contributed by atoms with Crippen LogP contribution in [-0.2, 0) is 9.53 Å². The van der Waals surface area contributed by atoms with E-state index in [0.717, 1.165) is 56.7 Å². The second-order valence-electron chi connectivity index (χ2n) is 6.59. The van der Waals surface area contributed by atoms with Crippen molar-refractivity contribution >= 4 is 35.9 Å². The van der Waals surface area contributed by atoms with Crippen LogP contribution in [0.25, 0.3) is 0 Å². The van der Waals surface area contributed by atoms with Crippen LogP contribution in [0.5, 0.6) is 0 Å². The van der Waals surface area contributed by atoms with Gasteiger partial charge in [-0.3, -0.25) is 9.79 Å². The van der Waals surface area contributed by atoms with Crippen LogP contribution >= 0.6 is 24.0 Å². The van der Waals surface area contributed by atoms with E-state index in [1.165, 1.54) is 20.0 Å². The molecule has 1 aliphatic rings. The third-order valence-electron chi connectivity index (χ3n) is 4.17. The van der Waals surface area contributed by atoms with Gasteiger partial charge in [-0.1, -0.05) is 20.3 Å². The lowest BCUT2D eigenvalue weighted by Crippen LogP contribution is -2.40. The summed E-state index contributed by atoms with van der Waals surface area (Å²) >= 11 is 0. The van der Waals surface area contributed by atoms with Crippen molar-refractivity contribution in [3.63, 3.8) is 0 Å². The number of rotatable bonds is 8. The minimum Gasteiger partial charge on any atom is -0.469 e. The molecular formula is C17H34IN3O2.